The van der Waals surface area contributed by atoms with Crippen LogP contribution < -0.4 is 0 Å². The predicted octanol–water partition coefficient (Wildman–Crippen LogP) is 11.7. The first-order valence-electron chi connectivity index (χ1n) is 25.1. The predicted molar refractivity (Wildman–Crippen MR) is 258 cm³/mol. The maximum atomic E-state index is 12.9. The second-order valence-corrected chi connectivity index (χ2v) is 20.0. The van der Waals surface area contributed by atoms with E-state index in [4.69, 9.17) is 0 Å². The van der Waals surface area contributed by atoms with E-state index in [-0.39, 0.29) is 10.2 Å². The van der Waals surface area contributed by atoms with E-state index in [1.807, 2.05) is 0 Å². The summed E-state index contributed by atoms with van der Waals surface area (Å²) in [4.78, 5) is 30.0. The van der Waals surface area contributed by atoms with Gasteiger partial charge in [-0.05, 0) is 32.1 Å². The topological polar surface area (TPSA) is 122 Å². The Labute approximate surface area is 374 Å². The first-order valence-corrected chi connectivity index (χ1v) is 27.1. The van der Waals surface area contributed by atoms with Crippen LogP contribution in [-0.2, 0) is 9.59 Å². The molecule has 8 nitrogen and oxygen atoms in total. The molecule has 0 aliphatic rings. The van der Waals surface area contributed by atoms with Crippen LogP contribution >= 0.6 is 23.5 Å². The summed E-state index contributed by atoms with van der Waals surface area (Å²) in [6.45, 7) is 11.9. The molecule has 4 N–H and O–H groups in total. The van der Waals surface area contributed by atoms with Gasteiger partial charge in [-0.3, -0.25) is 19.4 Å². The number of aliphatic hydroxyl groups excluding tert-OH is 4. The number of hydrogen-bond donors (Lipinski definition) is 4. The number of carbonyl (C=O) groups is 2. The van der Waals surface area contributed by atoms with Crippen molar-refractivity contribution < 1.29 is 30.0 Å². The lowest BCUT2D eigenvalue weighted by molar-refractivity contribution is -0.112. The van der Waals surface area contributed by atoms with E-state index in [0.29, 0.717) is 63.6 Å². The normalized spacial score (nSPS) is 14.0. The molecule has 0 saturated heterocycles. The van der Waals surface area contributed by atoms with Crippen LogP contribution in [0.1, 0.15) is 227 Å². The molecule has 0 saturated carbocycles. The van der Waals surface area contributed by atoms with E-state index in [1.54, 1.807) is 0 Å². The van der Waals surface area contributed by atoms with E-state index >= 15 is 0 Å². The molecule has 0 radical (unpaired) electrons. The smallest absolute Gasteiger partial charge is 0.190 e. The number of carbonyl (C=O) groups excluding carboxylic acids is 2. The molecule has 0 spiro atoms. The van der Waals surface area contributed by atoms with Crippen molar-refractivity contribution in [2.75, 3.05) is 50.8 Å². The van der Waals surface area contributed by atoms with Gasteiger partial charge in [-0.2, -0.15) is 0 Å². The van der Waals surface area contributed by atoms with Crippen molar-refractivity contribution in [1.29, 1.82) is 0 Å². The van der Waals surface area contributed by atoms with Gasteiger partial charge in [0.1, 0.15) is 0 Å². The van der Waals surface area contributed by atoms with Gasteiger partial charge in [0.2, 0.25) is 0 Å². The van der Waals surface area contributed by atoms with Crippen molar-refractivity contribution in [1.82, 2.24) is 9.80 Å². The van der Waals surface area contributed by atoms with Crippen LogP contribution in [-0.4, -0.2) is 116 Å². The Morgan fingerprint density at radius 1 is 0.373 bits per heavy atom. The third-order valence-electron chi connectivity index (χ3n) is 11.5. The van der Waals surface area contributed by atoms with Gasteiger partial charge in [0.15, 0.2) is 10.2 Å². The van der Waals surface area contributed by atoms with Crippen molar-refractivity contribution in [3.63, 3.8) is 0 Å². The summed E-state index contributed by atoms with van der Waals surface area (Å²) in [5, 5.41) is 43.6. The van der Waals surface area contributed by atoms with Crippen molar-refractivity contribution in [2.45, 2.75) is 251 Å². The van der Waals surface area contributed by atoms with E-state index in [9.17, 15) is 30.0 Å². The Hall–Kier alpha value is -0.200. The largest absolute Gasteiger partial charge is 0.392 e. The van der Waals surface area contributed by atoms with Crippen molar-refractivity contribution in [2.24, 2.45) is 0 Å². The fourth-order valence-electron chi connectivity index (χ4n) is 7.79. The Bertz CT molecular complexity index is 800. The van der Waals surface area contributed by atoms with E-state index in [1.165, 1.54) is 126 Å². The molecule has 0 heterocycles. The minimum Gasteiger partial charge on any atom is -0.392 e. The van der Waals surface area contributed by atoms with Crippen molar-refractivity contribution >= 4 is 33.8 Å². The van der Waals surface area contributed by atoms with Gasteiger partial charge in [0, 0.05) is 63.6 Å². The molecule has 10 heteroatoms. The molecule has 0 bridgehead atoms. The van der Waals surface area contributed by atoms with Gasteiger partial charge in [-0.1, -0.05) is 205 Å². The SMILES string of the molecule is CCCCCCCCC(O)CN(CCC(=O)SCCCSC(=O)CCN(CC(O)CCCCCCCC)CC(O)CCCCCCCC)CC(O)CCCCCCCC. The summed E-state index contributed by atoms with van der Waals surface area (Å²) in [5.74, 6) is 1.34. The van der Waals surface area contributed by atoms with E-state index in [0.717, 1.165) is 83.5 Å². The lowest BCUT2D eigenvalue weighted by Gasteiger charge is -2.27. The monoisotopic (exact) mass is 875 g/mol. The molecule has 0 aromatic rings. The van der Waals surface area contributed by atoms with Crippen LogP contribution in [0.25, 0.3) is 0 Å². The van der Waals surface area contributed by atoms with Gasteiger partial charge in [-0.15, -0.1) is 0 Å². The maximum Gasteiger partial charge on any atom is 0.190 e. The molecule has 0 aromatic heterocycles. The highest BCUT2D eigenvalue weighted by molar-refractivity contribution is 8.14. The van der Waals surface area contributed by atoms with Crippen LogP contribution in [0.4, 0.5) is 0 Å². The zero-order valence-corrected chi connectivity index (χ0v) is 40.8. The van der Waals surface area contributed by atoms with Gasteiger partial charge in [0.05, 0.1) is 24.4 Å². The second-order valence-electron chi connectivity index (χ2n) is 17.7. The molecule has 0 aromatic carbocycles. The molecule has 0 amide bonds. The molecule has 59 heavy (non-hydrogen) atoms. The zero-order chi connectivity index (χ0) is 43.6. The van der Waals surface area contributed by atoms with Crippen LogP contribution in [0.2, 0.25) is 0 Å². The number of unbranched alkanes of at least 4 members (excludes halogenated alkanes) is 20. The minimum atomic E-state index is -0.447. The Morgan fingerprint density at radius 2 is 0.610 bits per heavy atom. The lowest BCUT2D eigenvalue weighted by Crippen LogP contribution is -2.39. The molecule has 0 rings (SSSR count). The second kappa shape index (κ2) is 44.4. The zero-order valence-electron chi connectivity index (χ0n) is 39.2. The maximum absolute atomic E-state index is 12.9. The first kappa shape index (κ1) is 58.8. The number of thioether (sulfide) groups is 2. The van der Waals surface area contributed by atoms with Crippen LogP contribution in [0.5, 0.6) is 0 Å². The Kier molecular flexibility index (Phi) is 44.3. The Balaban J connectivity index is 4.75. The summed E-state index contributed by atoms with van der Waals surface area (Å²) < 4.78 is 0. The minimum absolute atomic E-state index is 0.122. The first-order chi connectivity index (χ1) is 28.6. The van der Waals surface area contributed by atoms with Crippen molar-refractivity contribution in [3.05, 3.63) is 0 Å². The van der Waals surface area contributed by atoms with E-state index < -0.39 is 24.4 Å². The molecule has 352 valence electrons. The van der Waals surface area contributed by atoms with Gasteiger partial charge in [0.25, 0.3) is 0 Å². The quantitative estimate of drug-likeness (QED) is 0.0440. The van der Waals surface area contributed by atoms with Gasteiger partial charge >= 0.3 is 0 Å². The highest BCUT2D eigenvalue weighted by Gasteiger charge is 2.19. The highest BCUT2D eigenvalue weighted by Crippen LogP contribution is 2.18. The van der Waals surface area contributed by atoms with Crippen molar-refractivity contribution in [3.8, 4) is 0 Å². The number of rotatable bonds is 46. The van der Waals surface area contributed by atoms with E-state index in [2.05, 4.69) is 37.5 Å². The molecule has 4 unspecified atom stereocenters. The van der Waals surface area contributed by atoms with Crippen LogP contribution in [0, 0.1) is 0 Å². The van der Waals surface area contributed by atoms with Gasteiger partial charge in [-0.25, -0.2) is 0 Å². The fraction of sp³-hybridized carbons (Fsp3) is 0.959. The lowest BCUT2D eigenvalue weighted by atomic mass is 10.1. The third-order valence-corrected chi connectivity index (χ3v) is 13.6. The molecule has 0 fully saturated rings. The molecular formula is C49H98N2O6S2. The number of hydrogen-bond acceptors (Lipinski definition) is 10. The van der Waals surface area contributed by atoms with Crippen LogP contribution in [0.15, 0.2) is 0 Å². The number of aliphatic hydroxyl groups is 4. The molecule has 0 aliphatic carbocycles. The van der Waals surface area contributed by atoms with Crippen LogP contribution in [0.3, 0.4) is 0 Å². The molecule has 0 aliphatic heterocycles. The summed E-state index contributed by atoms with van der Waals surface area (Å²) in [6.07, 6.45) is 31.3. The average molecular weight is 875 g/mol. The summed E-state index contributed by atoms with van der Waals surface area (Å²) in [7, 11) is 0. The van der Waals surface area contributed by atoms with Gasteiger partial charge < -0.3 is 20.4 Å². The Morgan fingerprint density at radius 3 is 0.864 bits per heavy atom. The average Bonchev–Trinajstić information content (AvgIpc) is 3.21. The summed E-state index contributed by atoms with van der Waals surface area (Å²) >= 11 is 2.66. The fourth-order valence-corrected chi connectivity index (χ4v) is 9.47. The molecule has 4 atom stereocenters. The molecular weight excluding hydrogens is 777 g/mol. The standard InChI is InChI=1S/C49H98N2O6S2/c1-5-9-13-17-21-25-30-44(52)40-50(41-45(53)31-26-22-18-14-10-6-2)36-34-48(56)58-38-29-39-59-49(57)35-37-51(42-46(54)32-27-23-19-15-11-7-3)43-47(55)33-28-24-20-16-12-8-4/h44-47,52-55H,5-43H2,1-4H3. The third kappa shape index (κ3) is 41.6. The number of nitrogens with zero attached hydrogens (tertiary/aromatic N) is 2. The summed E-state index contributed by atoms with van der Waals surface area (Å²) in [6, 6.07) is 0. The highest BCUT2D eigenvalue weighted by atomic mass is 32.2. The summed E-state index contributed by atoms with van der Waals surface area (Å²) in [5.41, 5.74) is 0.